The van der Waals surface area contributed by atoms with E-state index in [4.69, 9.17) is 0 Å². The lowest BCUT2D eigenvalue weighted by Crippen LogP contribution is -2.37. The second-order valence-corrected chi connectivity index (χ2v) is 5.29. The zero-order chi connectivity index (χ0) is 10.6. The van der Waals surface area contributed by atoms with E-state index in [0.717, 1.165) is 12.0 Å². The Balaban J connectivity index is 2.14. The molecule has 1 N–H and O–H groups in total. The van der Waals surface area contributed by atoms with Gasteiger partial charge in [0.25, 0.3) is 0 Å². The Morgan fingerprint density at radius 1 is 1.29 bits per heavy atom. The first kappa shape index (κ1) is 12.0. The van der Waals surface area contributed by atoms with Crippen molar-refractivity contribution < 1.29 is 0 Å². The van der Waals surface area contributed by atoms with Crippen molar-refractivity contribution in [3.8, 4) is 0 Å². The summed E-state index contributed by atoms with van der Waals surface area (Å²) in [7, 11) is 0. The highest BCUT2D eigenvalue weighted by molar-refractivity contribution is 4.81. The summed E-state index contributed by atoms with van der Waals surface area (Å²) in [5, 5.41) is 3.62. The van der Waals surface area contributed by atoms with Gasteiger partial charge in [-0.05, 0) is 31.8 Å². The average molecular weight is 198 g/mol. The smallest absolute Gasteiger partial charge is 0.0209 e. The van der Waals surface area contributed by atoms with Gasteiger partial charge in [0.15, 0.2) is 0 Å². The maximum atomic E-state index is 3.62. The first-order valence-electron chi connectivity index (χ1n) is 6.06. The number of likely N-dealkylation sites (tertiary alicyclic amines) is 1. The fraction of sp³-hybridized carbons (Fsp3) is 1.00. The molecule has 2 nitrogen and oxygen atoms in total. The Kier molecular flexibility index (Phi) is 4.90. The van der Waals surface area contributed by atoms with Crippen LogP contribution in [0.4, 0.5) is 0 Å². The molecule has 0 saturated carbocycles. The second-order valence-electron chi connectivity index (χ2n) is 5.29. The summed E-state index contributed by atoms with van der Waals surface area (Å²) in [5.41, 5.74) is 0. The summed E-state index contributed by atoms with van der Waals surface area (Å²) in [6.45, 7) is 12.9. The first-order valence-corrected chi connectivity index (χ1v) is 6.06. The standard InChI is InChI=1S/C12H26N2/c1-10(2)5-7-14-8-6-12(9-14)13-11(3)4/h10-13H,5-9H2,1-4H3. The molecule has 1 rings (SSSR count). The summed E-state index contributed by atoms with van der Waals surface area (Å²) < 4.78 is 0. The summed E-state index contributed by atoms with van der Waals surface area (Å²) >= 11 is 0. The monoisotopic (exact) mass is 198 g/mol. The lowest BCUT2D eigenvalue weighted by Gasteiger charge is -2.18. The van der Waals surface area contributed by atoms with Crippen molar-refractivity contribution in [3.63, 3.8) is 0 Å². The minimum absolute atomic E-state index is 0.630. The van der Waals surface area contributed by atoms with Gasteiger partial charge < -0.3 is 10.2 Å². The van der Waals surface area contributed by atoms with Gasteiger partial charge in [0.05, 0.1) is 0 Å². The third-order valence-corrected chi connectivity index (χ3v) is 2.86. The van der Waals surface area contributed by atoms with Crippen molar-refractivity contribution in [1.29, 1.82) is 0 Å². The Morgan fingerprint density at radius 3 is 2.57 bits per heavy atom. The number of rotatable bonds is 5. The van der Waals surface area contributed by atoms with E-state index < -0.39 is 0 Å². The first-order chi connectivity index (χ1) is 6.58. The lowest BCUT2D eigenvalue weighted by molar-refractivity contribution is 0.302. The number of hydrogen-bond donors (Lipinski definition) is 1. The molecule has 0 bridgehead atoms. The SMILES string of the molecule is CC(C)CCN1CCC(NC(C)C)C1. The highest BCUT2D eigenvalue weighted by Crippen LogP contribution is 2.11. The van der Waals surface area contributed by atoms with Gasteiger partial charge in [0.1, 0.15) is 0 Å². The molecule has 1 aliphatic rings. The molecule has 0 aromatic carbocycles. The third-order valence-electron chi connectivity index (χ3n) is 2.86. The molecule has 0 spiro atoms. The number of hydrogen-bond acceptors (Lipinski definition) is 2. The van der Waals surface area contributed by atoms with Crippen LogP contribution in [0.5, 0.6) is 0 Å². The highest BCUT2D eigenvalue weighted by atomic mass is 15.2. The molecule has 0 radical (unpaired) electrons. The van der Waals surface area contributed by atoms with Crippen LogP contribution in [0.15, 0.2) is 0 Å². The molecule has 84 valence electrons. The maximum Gasteiger partial charge on any atom is 0.0209 e. The van der Waals surface area contributed by atoms with Gasteiger partial charge in [0, 0.05) is 18.6 Å². The molecule has 1 unspecified atom stereocenters. The van der Waals surface area contributed by atoms with Crippen molar-refractivity contribution >= 4 is 0 Å². The summed E-state index contributed by atoms with van der Waals surface area (Å²) in [5.74, 6) is 0.840. The topological polar surface area (TPSA) is 15.3 Å². The number of nitrogens with zero attached hydrogens (tertiary/aromatic N) is 1. The van der Waals surface area contributed by atoms with E-state index in [1.165, 1.54) is 32.5 Å². The summed E-state index contributed by atoms with van der Waals surface area (Å²) in [6, 6.07) is 1.37. The van der Waals surface area contributed by atoms with Gasteiger partial charge in [-0.15, -0.1) is 0 Å². The van der Waals surface area contributed by atoms with Crippen LogP contribution in [-0.2, 0) is 0 Å². The van der Waals surface area contributed by atoms with Crippen LogP contribution in [0.1, 0.15) is 40.5 Å². The van der Waals surface area contributed by atoms with Gasteiger partial charge in [-0.3, -0.25) is 0 Å². The molecule has 0 amide bonds. The molecule has 14 heavy (non-hydrogen) atoms. The Labute approximate surface area is 89.1 Å². The van der Waals surface area contributed by atoms with E-state index in [1.54, 1.807) is 0 Å². The van der Waals surface area contributed by atoms with Crippen molar-refractivity contribution in [3.05, 3.63) is 0 Å². The molecule has 0 aromatic rings. The van der Waals surface area contributed by atoms with E-state index in [1.807, 2.05) is 0 Å². The second kappa shape index (κ2) is 5.72. The largest absolute Gasteiger partial charge is 0.310 e. The molecular formula is C12H26N2. The van der Waals surface area contributed by atoms with E-state index in [2.05, 4.69) is 37.9 Å². The molecule has 1 atom stereocenters. The van der Waals surface area contributed by atoms with Crippen molar-refractivity contribution in [2.24, 2.45) is 5.92 Å². The van der Waals surface area contributed by atoms with Crippen LogP contribution in [-0.4, -0.2) is 36.6 Å². The van der Waals surface area contributed by atoms with Gasteiger partial charge in [0.2, 0.25) is 0 Å². The van der Waals surface area contributed by atoms with Crippen LogP contribution < -0.4 is 5.32 Å². The fourth-order valence-electron chi connectivity index (χ4n) is 2.08. The zero-order valence-corrected chi connectivity index (χ0v) is 10.2. The number of nitrogens with one attached hydrogen (secondary N) is 1. The van der Waals surface area contributed by atoms with Gasteiger partial charge in [-0.1, -0.05) is 27.7 Å². The van der Waals surface area contributed by atoms with Crippen LogP contribution in [0, 0.1) is 5.92 Å². The van der Waals surface area contributed by atoms with Crippen molar-refractivity contribution in [2.45, 2.75) is 52.6 Å². The van der Waals surface area contributed by atoms with Crippen molar-refractivity contribution in [2.75, 3.05) is 19.6 Å². The van der Waals surface area contributed by atoms with Crippen LogP contribution >= 0.6 is 0 Å². The summed E-state index contributed by atoms with van der Waals surface area (Å²) in [4.78, 5) is 2.60. The molecule has 1 aliphatic heterocycles. The Hall–Kier alpha value is -0.0800. The van der Waals surface area contributed by atoms with Gasteiger partial charge in [-0.2, -0.15) is 0 Å². The minimum Gasteiger partial charge on any atom is -0.310 e. The molecule has 1 heterocycles. The fourth-order valence-corrected chi connectivity index (χ4v) is 2.08. The quantitative estimate of drug-likeness (QED) is 0.728. The molecule has 1 saturated heterocycles. The molecule has 1 fully saturated rings. The average Bonchev–Trinajstić information content (AvgIpc) is 2.47. The lowest BCUT2D eigenvalue weighted by atomic mass is 10.1. The summed E-state index contributed by atoms with van der Waals surface area (Å²) in [6.07, 6.45) is 2.67. The molecule has 0 aliphatic carbocycles. The van der Waals surface area contributed by atoms with Crippen LogP contribution in [0.25, 0.3) is 0 Å². The van der Waals surface area contributed by atoms with Gasteiger partial charge in [-0.25, -0.2) is 0 Å². The van der Waals surface area contributed by atoms with Crippen LogP contribution in [0.2, 0.25) is 0 Å². The van der Waals surface area contributed by atoms with Crippen molar-refractivity contribution in [1.82, 2.24) is 10.2 Å². The molecular weight excluding hydrogens is 172 g/mol. The van der Waals surface area contributed by atoms with E-state index >= 15 is 0 Å². The highest BCUT2D eigenvalue weighted by Gasteiger charge is 2.21. The predicted octanol–water partition coefficient (Wildman–Crippen LogP) is 2.10. The Morgan fingerprint density at radius 2 is 2.00 bits per heavy atom. The Bertz CT molecular complexity index is 154. The van der Waals surface area contributed by atoms with E-state index in [-0.39, 0.29) is 0 Å². The van der Waals surface area contributed by atoms with Crippen LogP contribution in [0.3, 0.4) is 0 Å². The predicted molar refractivity (Wildman–Crippen MR) is 62.6 cm³/mol. The minimum atomic E-state index is 0.630. The third kappa shape index (κ3) is 4.43. The normalized spacial score (nSPS) is 24.0. The van der Waals surface area contributed by atoms with E-state index in [0.29, 0.717) is 6.04 Å². The zero-order valence-electron chi connectivity index (χ0n) is 10.2. The molecule has 2 heteroatoms. The molecule has 0 aromatic heterocycles. The van der Waals surface area contributed by atoms with E-state index in [9.17, 15) is 0 Å². The van der Waals surface area contributed by atoms with Gasteiger partial charge >= 0.3 is 0 Å². The maximum absolute atomic E-state index is 3.62.